The fourth-order valence-corrected chi connectivity index (χ4v) is 3.25. The van der Waals surface area contributed by atoms with Gasteiger partial charge in [-0.15, -0.1) is 0 Å². The van der Waals surface area contributed by atoms with E-state index in [0.29, 0.717) is 12.4 Å². The van der Waals surface area contributed by atoms with Crippen molar-refractivity contribution in [3.8, 4) is 5.75 Å². The van der Waals surface area contributed by atoms with Crippen LogP contribution in [0.25, 0.3) is 0 Å². The average Bonchev–Trinajstić information content (AvgIpc) is 2.94. The van der Waals surface area contributed by atoms with Gasteiger partial charge in [0, 0.05) is 36.5 Å². The number of hydrogen-bond acceptors (Lipinski definition) is 5. The maximum atomic E-state index is 13.4. The van der Waals surface area contributed by atoms with Gasteiger partial charge >= 0.3 is 0 Å². The van der Waals surface area contributed by atoms with Crippen LogP contribution in [0.1, 0.15) is 23.6 Å². The van der Waals surface area contributed by atoms with Gasteiger partial charge < -0.3 is 9.64 Å². The molecule has 0 amide bonds. The first-order valence-electron chi connectivity index (χ1n) is 9.78. The van der Waals surface area contributed by atoms with Gasteiger partial charge in [-0.3, -0.25) is 5.43 Å². The van der Waals surface area contributed by atoms with E-state index in [1.807, 2.05) is 56.3 Å². The van der Waals surface area contributed by atoms with Crippen molar-refractivity contribution >= 4 is 22.9 Å². The second kappa shape index (κ2) is 8.37. The minimum Gasteiger partial charge on any atom is -0.494 e. The maximum absolute atomic E-state index is 13.4. The Hall–Kier alpha value is -3.67. The lowest BCUT2D eigenvalue weighted by Gasteiger charge is -2.14. The highest BCUT2D eigenvalue weighted by Crippen LogP contribution is 2.30. The normalized spacial score (nSPS) is 12.8. The lowest BCUT2D eigenvalue weighted by Crippen LogP contribution is -2.19. The van der Waals surface area contributed by atoms with Gasteiger partial charge in [0.15, 0.2) is 5.84 Å². The van der Waals surface area contributed by atoms with E-state index in [2.05, 4.69) is 22.7 Å². The predicted octanol–water partition coefficient (Wildman–Crippen LogP) is 4.72. The third kappa shape index (κ3) is 4.03. The number of hydrazone groups is 1. The van der Waals surface area contributed by atoms with Crippen molar-refractivity contribution in [3.63, 3.8) is 0 Å². The molecular formula is C24H23FN4O. The van der Waals surface area contributed by atoms with E-state index in [-0.39, 0.29) is 5.82 Å². The predicted molar refractivity (Wildman–Crippen MR) is 120 cm³/mol. The molecule has 30 heavy (non-hydrogen) atoms. The molecule has 0 saturated heterocycles. The number of anilines is 1. The molecule has 0 unspecified atom stereocenters. The largest absolute Gasteiger partial charge is 0.494 e. The summed E-state index contributed by atoms with van der Waals surface area (Å²) < 4.78 is 19.1. The molecule has 0 radical (unpaired) electrons. The highest BCUT2D eigenvalue weighted by molar-refractivity contribution is 6.18. The van der Waals surface area contributed by atoms with Crippen LogP contribution in [-0.2, 0) is 0 Å². The number of halogens is 1. The van der Waals surface area contributed by atoms with Gasteiger partial charge in [-0.1, -0.05) is 12.1 Å². The Labute approximate surface area is 175 Å². The Kier molecular flexibility index (Phi) is 5.48. The quantitative estimate of drug-likeness (QED) is 0.672. The van der Waals surface area contributed by atoms with Gasteiger partial charge in [0.1, 0.15) is 17.3 Å². The molecule has 0 aromatic heterocycles. The number of nitrogens with one attached hydrogen (secondary N) is 1. The fourth-order valence-electron chi connectivity index (χ4n) is 3.25. The summed E-state index contributed by atoms with van der Waals surface area (Å²) in [5.41, 5.74) is 8.27. The first-order valence-corrected chi connectivity index (χ1v) is 9.78. The van der Waals surface area contributed by atoms with E-state index in [9.17, 15) is 4.39 Å². The molecule has 0 atom stereocenters. The number of nitrogens with zero attached hydrogens (tertiary/aromatic N) is 3. The Morgan fingerprint density at radius 3 is 2.30 bits per heavy atom. The molecule has 1 heterocycles. The minimum atomic E-state index is -0.292. The second-order valence-corrected chi connectivity index (χ2v) is 7.09. The molecule has 0 spiro atoms. The number of rotatable bonds is 5. The Balaban J connectivity index is 1.81. The molecule has 152 valence electrons. The summed E-state index contributed by atoms with van der Waals surface area (Å²) in [7, 11) is 4.01. The van der Waals surface area contributed by atoms with E-state index in [1.54, 1.807) is 12.1 Å². The number of amidine groups is 1. The molecule has 5 nitrogen and oxygen atoms in total. The summed E-state index contributed by atoms with van der Waals surface area (Å²) in [6.45, 7) is 2.53. The van der Waals surface area contributed by atoms with Gasteiger partial charge in [-0.25, -0.2) is 9.38 Å². The molecule has 0 bridgehead atoms. The number of fused-ring (bicyclic) bond motifs is 1. The molecule has 1 aliphatic rings. The summed E-state index contributed by atoms with van der Waals surface area (Å²) in [5.74, 6) is 1.02. The first-order chi connectivity index (χ1) is 14.5. The monoisotopic (exact) mass is 402 g/mol. The van der Waals surface area contributed by atoms with E-state index < -0.39 is 0 Å². The van der Waals surface area contributed by atoms with Crippen molar-refractivity contribution < 1.29 is 9.13 Å². The van der Waals surface area contributed by atoms with Crippen molar-refractivity contribution in [1.82, 2.24) is 5.43 Å². The van der Waals surface area contributed by atoms with Crippen molar-refractivity contribution in [2.45, 2.75) is 6.92 Å². The lowest BCUT2D eigenvalue weighted by molar-refractivity contribution is 0.340. The summed E-state index contributed by atoms with van der Waals surface area (Å²) in [5, 5.41) is 4.66. The summed E-state index contributed by atoms with van der Waals surface area (Å²) in [4.78, 5) is 6.82. The average molecular weight is 402 g/mol. The molecule has 1 aliphatic heterocycles. The van der Waals surface area contributed by atoms with Crippen LogP contribution in [0.5, 0.6) is 5.75 Å². The summed E-state index contributed by atoms with van der Waals surface area (Å²) >= 11 is 0. The maximum Gasteiger partial charge on any atom is 0.154 e. The number of hydrogen-bond donors (Lipinski definition) is 1. The van der Waals surface area contributed by atoms with E-state index in [0.717, 1.165) is 39.5 Å². The van der Waals surface area contributed by atoms with Crippen molar-refractivity contribution in [3.05, 3.63) is 89.2 Å². The minimum absolute atomic E-state index is 0.292. The van der Waals surface area contributed by atoms with Crippen LogP contribution in [0.3, 0.4) is 0 Å². The van der Waals surface area contributed by atoms with Crippen LogP contribution >= 0.6 is 0 Å². The number of benzene rings is 3. The zero-order valence-electron chi connectivity index (χ0n) is 17.2. The van der Waals surface area contributed by atoms with E-state index in [1.165, 1.54) is 12.1 Å². The van der Waals surface area contributed by atoms with Crippen LogP contribution in [0, 0.1) is 5.82 Å². The van der Waals surface area contributed by atoms with Crippen molar-refractivity contribution in [2.75, 3.05) is 25.6 Å². The molecule has 3 aromatic carbocycles. The van der Waals surface area contributed by atoms with E-state index >= 15 is 0 Å². The molecule has 0 aliphatic carbocycles. The second-order valence-electron chi connectivity index (χ2n) is 7.09. The Morgan fingerprint density at radius 2 is 1.63 bits per heavy atom. The third-order valence-corrected chi connectivity index (χ3v) is 4.81. The highest BCUT2D eigenvalue weighted by atomic mass is 19.1. The van der Waals surface area contributed by atoms with Gasteiger partial charge in [0.25, 0.3) is 0 Å². The van der Waals surface area contributed by atoms with Gasteiger partial charge in [-0.2, -0.15) is 5.10 Å². The Bertz CT molecular complexity index is 1100. The first kappa shape index (κ1) is 19.6. The van der Waals surface area contributed by atoms with Gasteiger partial charge in [0.05, 0.1) is 12.3 Å². The van der Waals surface area contributed by atoms with Crippen LogP contribution in [-0.4, -0.2) is 32.2 Å². The third-order valence-electron chi connectivity index (χ3n) is 4.81. The molecule has 4 rings (SSSR count). The molecule has 0 fully saturated rings. The molecule has 1 N–H and O–H groups in total. The van der Waals surface area contributed by atoms with Gasteiger partial charge in [-0.05, 0) is 61.5 Å². The standard InChI is InChI=1S/C24H23FN4O/c1-4-30-20-13-14-22-21(15-20)23(16-7-11-19(12-8-16)29(2)3)27-28-24(26-22)17-5-9-18(25)10-6-17/h5-15H,4H2,1-3H3,(H,26,28). The topological polar surface area (TPSA) is 49.2 Å². The van der Waals surface area contributed by atoms with E-state index in [4.69, 9.17) is 9.73 Å². The zero-order valence-corrected chi connectivity index (χ0v) is 17.2. The lowest BCUT2D eigenvalue weighted by atomic mass is 10.00. The van der Waals surface area contributed by atoms with Crippen LogP contribution in [0.15, 0.2) is 76.8 Å². The van der Waals surface area contributed by atoms with Crippen molar-refractivity contribution in [1.29, 1.82) is 0 Å². The van der Waals surface area contributed by atoms with Crippen LogP contribution < -0.4 is 15.1 Å². The van der Waals surface area contributed by atoms with Crippen molar-refractivity contribution in [2.24, 2.45) is 10.1 Å². The fraction of sp³-hybridized carbons (Fsp3) is 0.167. The molecule has 6 heteroatoms. The summed E-state index contributed by atoms with van der Waals surface area (Å²) in [6.07, 6.45) is 0. The van der Waals surface area contributed by atoms with Gasteiger partial charge in [0.2, 0.25) is 0 Å². The number of aliphatic imine (C=N–C) groups is 1. The molecule has 0 saturated carbocycles. The van der Waals surface area contributed by atoms with Crippen LogP contribution in [0.4, 0.5) is 15.8 Å². The number of ether oxygens (including phenoxy) is 1. The summed E-state index contributed by atoms with van der Waals surface area (Å²) in [6, 6.07) is 20.1. The SMILES string of the molecule is CCOc1ccc2c(c1)C(c1ccc(N(C)C)cc1)=NNC(c1ccc(F)cc1)=N2. The highest BCUT2D eigenvalue weighted by Gasteiger charge is 2.18. The van der Waals surface area contributed by atoms with Crippen LogP contribution in [0.2, 0.25) is 0 Å². The Morgan fingerprint density at radius 1 is 0.933 bits per heavy atom. The molecular weight excluding hydrogens is 379 g/mol. The smallest absolute Gasteiger partial charge is 0.154 e. The zero-order chi connectivity index (χ0) is 21.1. The molecule has 3 aromatic rings.